The van der Waals surface area contributed by atoms with Gasteiger partial charge in [-0.25, -0.2) is 0 Å². The number of hydrogen-bond donors (Lipinski definition) is 1. The van der Waals surface area contributed by atoms with Crippen molar-refractivity contribution in [2.45, 2.75) is 19.4 Å². The van der Waals surface area contributed by atoms with Gasteiger partial charge in [0.2, 0.25) is 5.91 Å². The summed E-state index contributed by atoms with van der Waals surface area (Å²) in [5.41, 5.74) is 2.53. The first kappa shape index (κ1) is 15.3. The number of rotatable bonds is 4. The quantitative estimate of drug-likeness (QED) is 0.624. The monoisotopic (exact) mass is 331 g/mol. The van der Waals surface area contributed by atoms with E-state index in [1.807, 2.05) is 66.1 Å². The largest absolute Gasteiger partial charge is 0.346 e. The second-order valence-corrected chi connectivity index (χ2v) is 5.95. The SMILES string of the molecule is CC(NC(=O)Cc1cccc2cccnc12)c1nnc2ccccn12. The molecule has 0 aliphatic rings. The Morgan fingerprint density at radius 2 is 2.00 bits per heavy atom. The molecule has 3 aromatic heterocycles. The highest BCUT2D eigenvalue weighted by Gasteiger charge is 2.16. The lowest BCUT2D eigenvalue weighted by atomic mass is 10.1. The number of pyridine rings is 2. The van der Waals surface area contributed by atoms with E-state index in [9.17, 15) is 4.79 Å². The average Bonchev–Trinajstić information content (AvgIpc) is 3.06. The van der Waals surface area contributed by atoms with E-state index in [1.165, 1.54) is 0 Å². The van der Waals surface area contributed by atoms with Crippen LogP contribution in [-0.4, -0.2) is 25.5 Å². The Morgan fingerprint density at radius 3 is 2.92 bits per heavy atom. The molecule has 0 saturated carbocycles. The second kappa shape index (κ2) is 6.32. The lowest BCUT2D eigenvalue weighted by molar-refractivity contribution is -0.121. The summed E-state index contributed by atoms with van der Waals surface area (Å²) in [6, 6.07) is 15.2. The van der Waals surface area contributed by atoms with Crippen LogP contribution >= 0.6 is 0 Å². The standard InChI is InChI=1S/C19H17N5O/c1-13(19-23-22-16-9-2-3-11-24(16)19)21-17(25)12-15-7-4-6-14-8-5-10-20-18(14)15/h2-11,13H,12H2,1H3,(H,21,25). The number of nitrogens with zero attached hydrogens (tertiary/aromatic N) is 4. The van der Waals surface area contributed by atoms with Crippen LogP contribution in [0.2, 0.25) is 0 Å². The van der Waals surface area contributed by atoms with Gasteiger partial charge >= 0.3 is 0 Å². The third-order valence-electron chi connectivity index (χ3n) is 4.17. The number of carbonyl (C=O) groups is 1. The zero-order chi connectivity index (χ0) is 17.2. The van der Waals surface area contributed by atoms with E-state index in [2.05, 4.69) is 20.5 Å². The van der Waals surface area contributed by atoms with E-state index in [0.29, 0.717) is 5.82 Å². The summed E-state index contributed by atoms with van der Waals surface area (Å²) in [4.78, 5) is 16.9. The lowest BCUT2D eigenvalue weighted by Crippen LogP contribution is -2.29. The van der Waals surface area contributed by atoms with Crippen molar-refractivity contribution in [1.29, 1.82) is 0 Å². The Labute approximate surface area is 144 Å². The summed E-state index contributed by atoms with van der Waals surface area (Å²) in [6.45, 7) is 1.91. The first-order valence-corrected chi connectivity index (χ1v) is 8.14. The molecular formula is C19H17N5O. The van der Waals surface area contributed by atoms with E-state index in [-0.39, 0.29) is 18.4 Å². The molecular weight excluding hydrogens is 314 g/mol. The van der Waals surface area contributed by atoms with Gasteiger partial charge in [-0.15, -0.1) is 10.2 Å². The first-order chi connectivity index (χ1) is 12.2. The van der Waals surface area contributed by atoms with Crippen molar-refractivity contribution in [1.82, 2.24) is 24.9 Å². The fourth-order valence-corrected chi connectivity index (χ4v) is 3.00. The van der Waals surface area contributed by atoms with Crippen LogP contribution < -0.4 is 5.32 Å². The molecule has 0 fully saturated rings. The van der Waals surface area contributed by atoms with Gasteiger partial charge in [0.05, 0.1) is 18.0 Å². The highest BCUT2D eigenvalue weighted by atomic mass is 16.1. The van der Waals surface area contributed by atoms with Gasteiger partial charge in [0.1, 0.15) is 0 Å². The third-order valence-corrected chi connectivity index (χ3v) is 4.17. The van der Waals surface area contributed by atoms with E-state index < -0.39 is 0 Å². The maximum atomic E-state index is 12.5. The van der Waals surface area contributed by atoms with Crippen LogP contribution in [-0.2, 0) is 11.2 Å². The van der Waals surface area contributed by atoms with Crippen LogP contribution in [0.4, 0.5) is 0 Å². The predicted octanol–water partition coefficient (Wildman–Crippen LogP) is 2.70. The molecule has 4 rings (SSSR count). The summed E-state index contributed by atoms with van der Waals surface area (Å²) in [5.74, 6) is 0.637. The minimum atomic E-state index is -0.243. The smallest absolute Gasteiger partial charge is 0.225 e. The molecule has 6 nitrogen and oxygen atoms in total. The summed E-state index contributed by atoms with van der Waals surface area (Å²) in [7, 11) is 0. The van der Waals surface area contributed by atoms with Crippen molar-refractivity contribution in [3.63, 3.8) is 0 Å². The summed E-state index contributed by atoms with van der Waals surface area (Å²) in [5, 5.41) is 12.3. The number of nitrogens with one attached hydrogen (secondary N) is 1. The highest BCUT2D eigenvalue weighted by molar-refractivity contribution is 5.87. The summed E-state index contributed by atoms with van der Waals surface area (Å²) >= 11 is 0. The van der Waals surface area contributed by atoms with Gasteiger partial charge in [-0.1, -0.05) is 30.3 Å². The van der Waals surface area contributed by atoms with Crippen molar-refractivity contribution < 1.29 is 4.79 Å². The number of fused-ring (bicyclic) bond motifs is 2. The van der Waals surface area contributed by atoms with Gasteiger partial charge in [-0.05, 0) is 30.7 Å². The topological polar surface area (TPSA) is 72.2 Å². The molecule has 4 aromatic rings. The van der Waals surface area contributed by atoms with E-state index in [1.54, 1.807) is 6.20 Å². The molecule has 1 N–H and O–H groups in total. The fourth-order valence-electron chi connectivity index (χ4n) is 3.00. The third kappa shape index (κ3) is 2.94. The molecule has 124 valence electrons. The number of aromatic nitrogens is 4. The molecule has 0 aliphatic heterocycles. The fraction of sp³-hybridized carbons (Fsp3) is 0.158. The van der Waals surface area contributed by atoms with Crippen molar-refractivity contribution in [3.8, 4) is 0 Å². The van der Waals surface area contributed by atoms with E-state index in [4.69, 9.17) is 0 Å². The van der Waals surface area contributed by atoms with Gasteiger partial charge in [-0.3, -0.25) is 14.2 Å². The van der Waals surface area contributed by atoms with Crippen molar-refractivity contribution in [2.75, 3.05) is 0 Å². The maximum absolute atomic E-state index is 12.5. The predicted molar refractivity (Wildman–Crippen MR) is 95.0 cm³/mol. The zero-order valence-corrected chi connectivity index (χ0v) is 13.8. The number of carbonyl (C=O) groups excluding carboxylic acids is 1. The van der Waals surface area contributed by atoms with E-state index >= 15 is 0 Å². The van der Waals surface area contributed by atoms with Crippen LogP contribution in [0, 0.1) is 0 Å². The molecule has 0 aliphatic carbocycles. The van der Waals surface area contributed by atoms with Crippen LogP contribution in [0.25, 0.3) is 16.6 Å². The maximum Gasteiger partial charge on any atom is 0.225 e. The minimum absolute atomic E-state index is 0.0710. The van der Waals surface area contributed by atoms with Gasteiger partial charge in [0, 0.05) is 17.8 Å². The van der Waals surface area contributed by atoms with Crippen molar-refractivity contribution in [2.24, 2.45) is 0 Å². The van der Waals surface area contributed by atoms with Crippen LogP contribution in [0.1, 0.15) is 24.4 Å². The Kier molecular flexibility index (Phi) is 3.85. The molecule has 0 bridgehead atoms. The number of amides is 1. The Hall–Kier alpha value is -3.28. The summed E-state index contributed by atoms with van der Waals surface area (Å²) in [6.07, 6.45) is 3.91. The number of para-hydroxylation sites is 1. The Morgan fingerprint density at radius 1 is 1.12 bits per heavy atom. The van der Waals surface area contributed by atoms with Crippen LogP contribution in [0.3, 0.4) is 0 Å². The van der Waals surface area contributed by atoms with Crippen LogP contribution in [0.15, 0.2) is 60.9 Å². The van der Waals surface area contributed by atoms with Gasteiger partial charge < -0.3 is 5.32 Å². The Balaban J connectivity index is 1.53. The molecule has 3 heterocycles. The number of benzene rings is 1. The average molecular weight is 331 g/mol. The Bertz CT molecular complexity index is 1050. The van der Waals surface area contributed by atoms with Crippen LogP contribution in [0.5, 0.6) is 0 Å². The molecule has 1 aromatic carbocycles. The molecule has 1 atom stereocenters. The molecule has 1 amide bonds. The molecule has 1 unspecified atom stereocenters. The molecule has 0 radical (unpaired) electrons. The van der Waals surface area contributed by atoms with Gasteiger partial charge in [0.25, 0.3) is 0 Å². The molecule has 0 saturated heterocycles. The molecule has 0 spiro atoms. The zero-order valence-electron chi connectivity index (χ0n) is 13.8. The van der Waals surface area contributed by atoms with E-state index in [0.717, 1.165) is 22.1 Å². The lowest BCUT2D eigenvalue weighted by Gasteiger charge is -2.13. The number of hydrogen-bond acceptors (Lipinski definition) is 4. The first-order valence-electron chi connectivity index (χ1n) is 8.14. The van der Waals surface area contributed by atoms with Crippen molar-refractivity contribution in [3.05, 3.63) is 72.3 Å². The molecule has 6 heteroatoms. The van der Waals surface area contributed by atoms with Gasteiger partial charge in [0.15, 0.2) is 11.5 Å². The van der Waals surface area contributed by atoms with Crippen molar-refractivity contribution >= 4 is 22.5 Å². The summed E-state index contributed by atoms with van der Waals surface area (Å²) < 4.78 is 1.88. The highest BCUT2D eigenvalue weighted by Crippen LogP contribution is 2.17. The normalized spacial score (nSPS) is 12.4. The second-order valence-electron chi connectivity index (χ2n) is 5.95. The minimum Gasteiger partial charge on any atom is -0.346 e. The van der Waals surface area contributed by atoms with Gasteiger partial charge in [-0.2, -0.15) is 0 Å². The molecule has 25 heavy (non-hydrogen) atoms.